The lowest BCUT2D eigenvalue weighted by atomic mass is 10.2. The third-order valence-electron chi connectivity index (χ3n) is 1.86. The Bertz CT molecular complexity index is 417. The summed E-state index contributed by atoms with van der Waals surface area (Å²) in [5.41, 5.74) is 0.853. The van der Waals surface area contributed by atoms with Gasteiger partial charge in [-0.15, -0.1) is 0 Å². The second-order valence-electron chi connectivity index (χ2n) is 2.83. The number of anilines is 1. The minimum Gasteiger partial charge on any atom is -0.454 e. The van der Waals surface area contributed by atoms with Crippen molar-refractivity contribution in [3.05, 3.63) is 29.6 Å². The van der Waals surface area contributed by atoms with Gasteiger partial charge in [-0.3, -0.25) is 4.79 Å². The highest BCUT2D eigenvalue weighted by Crippen LogP contribution is 2.20. The molecule has 72 valence electrons. The molecule has 0 aliphatic carbocycles. The molecule has 0 fully saturated rings. The van der Waals surface area contributed by atoms with Crippen LogP contribution in [0.5, 0.6) is 0 Å². The van der Waals surface area contributed by atoms with Crippen LogP contribution in [0.25, 0.3) is 0 Å². The predicted octanol–water partition coefficient (Wildman–Crippen LogP) is 0.821. The molecule has 0 atom stereocenters. The summed E-state index contributed by atoms with van der Waals surface area (Å²) in [4.78, 5) is 21.8. The van der Waals surface area contributed by atoms with Gasteiger partial charge < -0.3 is 10.1 Å². The molecule has 0 unspecified atom stereocenters. The van der Waals surface area contributed by atoms with Gasteiger partial charge in [0.25, 0.3) is 0 Å². The summed E-state index contributed by atoms with van der Waals surface area (Å²) >= 11 is 0. The first-order chi connectivity index (χ1) is 6.66. The SMILES string of the molecule is O=C1Nc2cc(F)ccc2COC1=O. The van der Waals surface area contributed by atoms with Gasteiger partial charge in [0.15, 0.2) is 0 Å². The van der Waals surface area contributed by atoms with Gasteiger partial charge in [0.2, 0.25) is 0 Å². The van der Waals surface area contributed by atoms with Crippen LogP contribution >= 0.6 is 0 Å². The maximum atomic E-state index is 12.8. The van der Waals surface area contributed by atoms with E-state index in [1.165, 1.54) is 12.1 Å². The number of hydrogen-bond acceptors (Lipinski definition) is 3. The number of cyclic esters (lactones) is 1. The van der Waals surface area contributed by atoms with Gasteiger partial charge in [0.1, 0.15) is 12.4 Å². The van der Waals surface area contributed by atoms with Crippen LogP contribution in [0, 0.1) is 5.82 Å². The normalized spacial score (nSPS) is 15.2. The predicted molar refractivity (Wildman–Crippen MR) is 44.8 cm³/mol. The van der Waals surface area contributed by atoms with Crippen molar-refractivity contribution < 1.29 is 18.7 Å². The van der Waals surface area contributed by atoms with E-state index >= 15 is 0 Å². The van der Waals surface area contributed by atoms with Gasteiger partial charge in [-0.2, -0.15) is 0 Å². The van der Waals surface area contributed by atoms with Gasteiger partial charge >= 0.3 is 11.9 Å². The van der Waals surface area contributed by atoms with Gasteiger partial charge in [-0.25, -0.2) is 9.18 Å². The van der Waals surface area contributed by atoms with Crippen LogP contribution in [-0.2, 0) is 20.9 Å². The monoisotopic (exact) mass is 195 g/mol. The quantitative estimate of drug-likeness (QED) is 0.492. The number of rotatable bonds is 0. The number of carbonyl (C=O) groups is 2. The maximum absolute atomic E-state index is 12.8. The molecule has 1 N–H and O–H groups in total. The lowest BCUT2D eigenvalue weighted by Gasteiger charge is -2.03. The number of nitrogens with one attached hydrogen (secondary N) is 1. The lowest BCUT2D eigenvalue weighted by molar-refractivity contribution is -0.153. The van der Waals surface area contributed by atoms with E-state index in [9.17, 15) is 14.0 Å². The lowest BCUT2D eigenvalue weighted by Crippen LogP contribution is -2.22. The van der Waals surface area contributed by atoms with Crippen molar-refractivity contribution in [2.24, 2.45) is 0 Å². The molecule has 0 saturated heterocycles. The third-order valence-corrected chi connectivity index (χ3v) is 1.86. The number of amides is 1. The van der Waals surface area contributed by atoms with E-state index in [1.807, 2.05) is 0 Å². The number of ether oxygens (including phenoxy) is 1. The van der Waals surface area contributed by atoms with Gasteiger partial charge in [-0.05, 0) is 12.1 Å². The molecule has 5 heteroatoms. The van der Waals surface area contributed by atoms with Crippen molar-refractivity contribution >= 4 is 17.6 Å². The fourth-order valence-electron chi connectivity index (χ4n) is 1.17. The summed E-state index contributed by atoms with van der Waals surface area (Å²) in [6.07, 6.45) is 0. The fourth-order valence-corrected chi connectivity index (χ4v) is 1.17. The number of esters is 1. The number of benzene rings is 1. The van der Waals surface area contributed by atoms with Crippen molar-refractivity contribution in [2.45, 2.75) is 6.61 Å². The number of carbonyl (C=O) groups excluding carboxylic acids is 2. The summed E-state index contributed by atoms with van der Waals surface area (Å²) in [5.74, 6) is -2.31. The highest BCUT2D eigenvalue weighted by atomic mass is 19.1. The topological polar surface area (TPSA) is 55.4 Å². The zero-order chi connectivity index (χ0) is 10.1. The summed E-state index contributed by atoms with van der Waals surface area (Å²) < 4.78 is 17.4. The molecule has 0 bridgehead atoms. The van der Waals surface area contributed by atoms with Crippen LogP contribution in [0.1, 0.15) is 5.56 Å². The van der Waals surface area contributed by atoms with Crippen LogP contribution in [0.3, 0.4) is 0 Å². The van der Waals surface area contributed by atoms with Crippen molar-refractivity contribution in [3.63, 3.8) is 0 Å². The minimum atomic E-state index is -0.957. The molecule has 0 saturated carbocycles. The molecular weight excluding hydrogens is 189 g/mol. The Balaban J connectivity index is 2.43. The zero-order valence-corrected chi connectivity index (χ0v) is 7.04. The van der Waals surface area contributed by atoms with E-state index in [4.69, 9.17) is 0 Å². The summed E-state index contributed by atoms with van der Waals surface area (Å²) in [6, 6.07) is 3.85. The van der Waals surface area contributed by atoms with E-state index in [0.717, 1.165) is 6.07 Å². The van der Waals surface area contributed by atoms with E-state index in [2.05, 4.69) is 10.1 Å². The first-order valence-corrected chi connectivity index (χ1v) is 3.93. The van der Waals surface area contributed by atoms with E-state index in [0.29, 0.717) is 5.56 Å². The van der Waals surface area contributed by atoms with Gasteiger partial charge in [0.05, 0.1) is 5.69 Å². The summed E-state index contributed by atoms with van der Waals surface area (Å²) in [7, 11) is 0. The molecule has 2 rings (SSSR count). The Morgan fingerprint density at radius 3 is 2.93 bits per heavy atom. The van der Waals surface area contributed by atoms with Crippen LogP contribution in [-0.4, -0.2) is 11.9 Å². The maximum Gasteiger partial charge on any atom is 0.397 e. The Kier molecular flexibility index (Phi) is 1.92. The number of fused-ring (bicyclic) bond motifs is 1. The molecule has 0 aromatic heterocycles. The number of hydrogen-bond donors (Lipinski definition) is 1. The second-order valence-corrected chi connectivity index (χ2v) is 2.83. The molecule has 0 radical (unpaired) electrons. The summed E-state index contributed by atoms with van der Waals surface area (Å²) in [6.45, 7) is -0.0206. The molecule has 0 spiro atoms. The molecule has 1 aliphatic heterocycles. The van der Waals surface area contributed by atoms with Crippen LogP contribution in [0.4, 0.5) is 10.1 Å². The van der Waals surface area contributed by atoms with Gasteiger partial charge in [-0.1, -0.05) is 6.07 Å². The Hall–Kier alpha value is -1.91. The molecule has 1 aromatic rings. The van der Waals surface area contributed by atoms with Crippen LogP contribution < -0.4 is 5.32 Å². The first-order valence-electron chi connectivity index (χ1n) is 3.93. The van der Waals surface area contributed by atoms with Crippen molar-refractivity contribution in [1.82, 2.24) is 0 Å². The van der Waals surface area contributed by atoms with E-state index < -0.39 is 17.7 Å². The second kappa shape index (κ2) is 3.10. The average Bonchev–Trinajstić information content (AvgIpc) is 2.27. The Morgan fingerprint density at radius 2 is 2.14 bits per heavy atom. The first kappa shape index (κ1) is 8.68. The Morgan fingerprint density at radius 1 is 1.36 bits per heavy atom. The highest BCUT2D eigenvalue weighted by Gasteiger charge is 2.21. The van der Waals surface area contributed by atoms with E-state index in [1.54, 1.807) is 0 Å². The Labute approximate surface area is 78.7 Å². The standard InChI is InChI=1S/C9H6FNO3/c10-6-2-1-5-4-14-9(13)8(12)11-7(5)3-6/h1-3H,4H2,(H,11,12). The van der Waals surface area contributed by atoms with Crippen molar-refractivity contribution in [2.75, 3.05) is 5.32 Å². The molecule has 1 aromatic carbocycles. The van der Waals surface area contributed by atoms with Crippen molar-refractivity contribution in [1.29, 1.82) is 0 Å². The van der Waals surface area contributed by atoms with Gasteiger partial charge in [0, 0.05) is 5.56 Å². The molecule has 14 heavy (non-hydrogen) atoms. The van der Waals surface area contributed by atoms with Crippen molar-refractivity contribution in [3.8, 4) is 0 Å². The fraction of sp³-hybridized carbons (Fsp3) is 0.111. The zero-order valence-electron chi connectivity index (χ0n) is 7.04. The largest absolute Gasteiger partial charge is 0.454 e. The van der Waals surface area contributed by atoms with E-state index in [-0.39, 0.29) is 12.3 Å². The highest BCUT2D eigenvalue weighted by molar-refractivity contribution is 6.37. The average molecular weight is 195 g/mol. The summed E-state index contributed by atoms with van der Waals surface area (Å²) in [5, 5.41) is 2.26. The third kappa shape index (κ3) is 1.44. The molecular formula is C9H6FNO3. The minimum absolute atomic E-state index is 0.0206. The molecule has 1 amide bonds. The van der Waals surface area contributed by atoms with Crippen LogP contribution in [0.15, 0.2) is 18.2 Å². The number of halogens is 1. The molecule has 1 aliphatic rings. The molecule has 1 heterocycles. The smallest absolute Gasteiger partial charge is 0.397 e. The van der Waals surface area contributed by atoms with Crippen LogP contribution in [0.2, 0.25) is 0 Å². The molecule has 4 nitrogen and oxygen atoms in total.